The van der Waals surface area contributed by atoms with Crippen molar-refractivity contribution in [2.45, 2.75) is 13.0 Å². The molecule has 1 atom stereocenters. The van der Waals surface area contributed by atoms with Gasteiger partial charge in [-0.1, -0.05) is 0 Å². The van der Waals surface area contributed by atoms with Gasteiger partial charge in [0.1, 0.15) is 17.3 Å². The zero-order valence-electron chi connectivity index (χ0n) is 13.1. The van der Waals surface area contributed by atoms with Crippen molar-refractivity contribution < 1.29 is 18.6 Å². The highest BCUT2D eigenvalue weighted by atomic mass is 19.1. The van der Waals surface area contributed by atoms with Crippen molar-refractivity contribution in [2.75, 3.05) is 0 Å². The number of halogens is 2. The molecule has 3 rings (SSSR count). The molecule has 7 heteroatoms. The average Bonchev–Trinajstić information content (AvgIpc) is 2.92. The molecule has 0 aliphatic rings. The monoisotopic (exact) mass is 331 g/mol. The Labute approximate surface area is 137 Å². The van der Waals surface area contributed by atoms with E-state index in [0.717, 1.165) is 12.1 Å². The number of aryl methyl sites for hydroxylation is 1. The van der Waals surface area contributed by atoms with Gasteiger partial charge in [0.05, 0.1) is 6.10 Å². The first-order chi connectivity index (χ1) is 11.5. The minimum atomic E-state index is -1.07. The van der Waals surface area contributed by atoms with E-state index >= 15 is 0 Å². The van der Waals surface area contributed by atoms with E-state index in [0.29, 0.717) is 5.88 Å². The predicted octanol–water partition coefficient (Wildman–Crippen LogP) is 3.61. The Kier molecular flexibility index (Phi) is 4.26. The number of nitrogens with zero attached hydrogens (tertiary/aromatic N) is 3. The Morgan fingerprint density at radius 3 is 2.71 bits per heavy atom. The number of rotatable bonds is 4. The fourth-order valence-corrected chi connectivity index (χ4v) is 2.39. The molecule has 5 nitrogen and oxygen atoms in total. The molecule has 0 aliphatic heterocycles. The van der Waals surface area contributed by atoms with Gasteiger partial charge < -0.3 is 9.84 Å². The summed E-state index contributed by atoms with van der Waals surface area (Å²) in [6.45, 7) is 1.43. The lowest BCUT2D eigenvalue weighted by Gasteiger charge is -2.15. The van der Waals surface area contributed by atoms with E-state index in [1.54, 1.807) is 36.1 Å². The summed E-state index contributed by atoms with van der Waals surface area (Å²) in [5.74, 6) is -1.03. The molecule has 0 spiro atoms. The van der Waals surface area contributed by atoms with E-state index in [9.17, 15) is 13.9 Å². The Balaban J connectivity index is 2.14. The fraction of sp³-hybridized carbons (Fsp3) is 0.176. The number of ether oxygens (including phenoxy) is 1. The van der Waals surface area contributed by atoms with E-state index in [2.05, 4.69) is 10.1 Å². The van der Waals surface area contributed by atoms with Gasteiger partial charge in [-0.05, 0) is 30.7 Å². The van der Waals surface area contributed by atoms with Crippen LogP contribution >= 0.6 is 0 Å². The first-order valence-electron chi connectivity index (χ1n) is 7.25. The zero-order valence-corrected chi connectivity index (χ0v) is 13.1. The third-order valence-electron chi connectivity index (χ3n) is 3.45. The van der Waals surface area contributed by atoms with Crippen LogP contribution in [-0.2, 0) is 7.05 Å². The number of aliphatic hydroxyl groups excluding tert-OH is 1. The Bertz CT molecular complexity index is 878. The molecule has 0 unspecified atom stereocenters. The Morgan fingerprint density at radius 1 is 1.25 bits per heavy atom. The first kappa shape index (κ1) is 16.1. The maximum atomic E-state index is 14.4. The van der Waals surface area contributed by atoms with Crippen LogP contribution in [0.2, 0.25) is 0 Å². The lowest BCUT2D eigenvalue weighted by molar-refractivity contribution is 0.199. The van der Waals surface area contributed by atoms with Crippen molar-refractivity contribution in [3.63, 3.8) is 0 Å². The minimum absolute atomic E-state index is 0.00192. The standard InChI is InChI=1S/C17H15F2N3O2/c1-10(23)12-8-11(18)9-13(19)16(12)17-14(4-3-6-20-17)24-15-5-7-22(2)21-15/h3-10,23H,1-2H3/t10-/m1/s1. The van der Waals surface area contributed by atoms with E-state index < -0.39 is 17.7 Å². The summed E-state index contributed by atoms with van der Waals surface area (Å²) in [7, 11) is 1.74. The van der Waals surface area contributed by atoms with E-state index in [1.165, 1.54) is 13.1 Å². The van der Waals surface area contributed by atoms with Gasteiger partial charge in [0.15, 0.2) is 5.75 Å². The van der Waals surface area contributed by atoms with Crippen LogP contribution in [0.25, 0.3) is 11.3 Å². The van der Waals surface area contributed by atoms with Crippen molar-refractivity contribution in [1.82, 2.24) is 14.8 Å². The van der Waals surface area contributed by atoms with Crippen LogP contribution in [0.15, 0.2) is 42.7 Å². The molecule has 124 valence electrons. The quantitative estimate of drug-likeness (QED) is 0.793. The highest BCUT2D eigenvalue weighted by Gasteiger charge is 2.21. The SMILES string of the molecule is C[C@@H](O)c1cc(F)cc(F)c1-c1ncccc1Oc1ccn(C)n1. The number of hydrogen-bond donors (Lipinski definition) is 1. The maximum absolute atomic E-state index is 14.4. The number of hydrogen-bond acceptors (Lipinski definition) is 4. The van der Waals surface area contributed by atoms with Crippen LogP contribution in [-0.4, -0.2) is 19.9 Å². The molecule has 0 aliphatic carbocycles. The molecule has 0 saturated carbocycles. The third-order valence-corrected chi connectivity index (χ3v) is 3.45. The molecule has 0 bridgehead atoms. The summed E-state index contributed by atoms with van der Waals surface area (Å²) in [6, 6.07) is 6.72. The molecule has 24 heavy (non-hydrogen) atoms. The fourth-order valence-electron chi connectivity index (χ4n) is 2.39. The van der Waals surface area contributed by atoms with Crippen molar-refractivity contribution in [1.29, 1.82) is 0 Å². The Morgan fingerprint density at radius 2 is 2.04 bits per heavy atom. The summed E-state index contributed by atoms with van der Waals surface area (Å²) in [5, 5.41) is 14.0. The van der Waals surface area contributed by atoms with Gasteiger partial charge in [0, 0.05) is 37.1 Å². The molecule has 2 aromatic heterocycles. The first-order valence-corrected chi connectivity index (χ1v) is 7.25. The molecule has 2 heterocycles. The highest BCUT2D eigenvalue weighted by molar-refractivity contribution is 5.71. The second-order valence-corrected chi connectivity index (χ2v) is 5.31. The summed E-state index contributed by atoms with van der Waals surface area (Å²) >= 11 is 0. The number of benzene rings is 1. The van der Waals surface area contributed by atoms with Gasteiger partial charge in [-0.25, -0.2) is 8.78 Å². The smallest absolute Gasteiger partial charge is 0.238 e. The second kappa shape index (κ2) is 6.37. The molecule has 3 aromatic rings. The zero-order chi connectivity index (χ0) is 17.3. The molecule has 0 radical (unpaired) electrons. The lowest BCUT2D eigenvalue weighted by Crippen LogP contribution is -2.02. The Hall–Kier alpha value is -2.80. The van der Waals surface area contributed by atoms with Crippen molar-refractivity contribution in [2.24, 2.45) is 7.05 Å². The van der Waals surface area contributed by atoms with Gasteiger partial charge in [-0.2, -0.15) is 0 Å². The molecule has 1 N–H and O–H groups in total. The van der Waals surface area contributed by atoms with Crippen molar-refractivity contribution >= 4 is 0 Å². The predicted molar refractivity (Wildman–Crippen MR) is 83.5 cm³/mol. The van der Waals surface area contributed by atoms with Gasteiger partial charge in [-0.3, -0.25) is 9.67 Å². The summed E-state index contributed by atoms with van der Waals surface area (Å²) in [6.07, 6.45) is 2.09. The molecular weight excluding hydrogens is 316 g/mol. The van der Waals surface area contributed by atoms with Gasteiger partial charge in [0.2, 0.25) is 5.88 Å². The molecule has 0 saturated heterocycles. The normalized spacial score (nSPS) is 12.2. The largest absolute Gasteiger partial charge is 0.435 e. The molecule has 0 fully saturated rings. The average molecular weight is 331 g/mol. The van der Waals surface area contributed by atoms with E-state index in [4.69, 9.17) is 4.74 Å². The summed E-state index contributed by atoms with van der Waals surface area (Å²) < 4.78 is 35.2. The number of pyridine rings is 1. The minimum Gasteiger partial charge on any atom is -0.435 e. The molecule has 1 aromatic carbocycles. The number of aromatic nitrogens is 3. The maximum Gasteiger partial charge on any atom is 0.238 e. The van der Waals surface area contributed by atoms with Crippen molar-refractivity contribution in [3.05, 3.63) is 59.9 Å². The van der Waals surface area contributed by atoms with Crippen LogP contribution in [0.1, 0.15) is 18.6 Å². The van der Waals surface area contributed by atoms with Crippen LogP contribution < -0.4 is 4.74 Å². The topological polar surface area (TPSA) is 60.2 Å². The lowest BCUT2D eigenvalue weighted by atomic mass is 9.98. The number of aliphatic hydroxyl groups is 1. The van der Waals surface area contributed by atoms with Gasteiger partial charge in [0.25, 0.3) is 0 Å². The van der Waals surface area contributed by atoms with Gasteiger partial charge >= 0.3 is 0 Å². The summed E-state index contributed by atoms with van der Waals surface area (Å²) in [4.78, 5) is 4.15. The van der Waals surface area contributed by atoms with Crippen LogP contribution in [0, 0.1) is 11.6 Å². The van der Waals surface area contributed by atoms with Gasteiger partial charge in [-0.15, -0.1) is 5.10 Å². The van der Waals surface area contributed by atoms with Crippen molar-refractivity contribution in [3.8, 4) is 22.9 Å². The van der Waals surface area contributed by atoms with E-state index in [1.807, 2.05) is 0 Å². The molecule has 0 amide bonds. The summed E-state index contributed by atoms with van der Waals surface area (Å²) in [5.41, 5.74) is 0.256. The molecular formula is C17H15F2N3O2. The third kappa shape index (κ3) is 3.11. The highest BCUT2D eigenvalue weighted by Crippen LogP contribution is 2.37. The van der Waals surface area contributed by atoms with E-state index in [-0.39, 0.29) is 22.6 Å². The van der Waals surface area contributed by atoms with Crippen LogP contribution in [0.3, 0.4) is 0 Å². The van der Waals surface area contributed by atoms with Crippen LogP contribution in [0.4, 0.5) is 8.78 Å². The van der Waals surface area contributed by atoms with Crippen LogP contribution in [0.5, 0.6) is 11.6 Å². The second-order valence-electron chi connectivity index (χ2n) is 5.31.